The number of benzene rings is 1. The molecule has 2 aliphatic heterocycles. The summed E-state index contributed by atoms with van der Waals surface area (Å²) in [5.41, 5.74) is 1.66. The average Bonchev–Trinajstić information content (AvgIpc) is 2.83. The maximum atomic E-state index is 14.1. The first-order valence-electron chi connectivity index (χ1n) is 12.0. The maximum absolute atomic E-state index is 14.1. The number of esters is 1. The van der Waals surface area contributed by atoms with Gasteiger partial charge in [0.05, 0.1) is 6.61 Å². The molecule has 0 saturated carbocycles. The van der Waals surface area contributed by atoms with Crippen molar-refractivity contribution in [3.8, 4) is 0 Å². The first-order chi connectivity index (χ1) is 16.8. The molecule has 35 heavy (non-hydrogen) atoms. The summed E-state index contributed by atoms with van der Waals surface area (Å²) >= 11 is 0. The molecule has 0 radical (unpaired) electrons. The van der Waals surface area contributed by atoms with Gasteiger partial charge in [-0.05, 0) is 19.9 Å². The lowest BCUT2D eigenvalue weighted by Crippen LogP contribution is -2.48. The second-order valence-corrected chi connectivity index (χ2v) is 8.98. The van der Waals surface area contributed by atoms with Gasteiger partial charge in [-0.15, -0.1) is 6.58 Å². The fourth-order valence-corrected chi connectivity index (χ4v) is 4.97. The van der Waals surface area contributed by atoms with Gasteiger partial charge in [0.2, 0.25) is 0 Å². The molecule has 0 bridgehead atoms. The minimum Gasteiger partial charge on any atom is -0.465 e. The quantitative estimate of drug-likeness (QED) is 0.446. The Morgan fingerprint density at radius 2 is 1.97 bits per heavy atom. The number of aliphatic imine (C=N–C) groups is 1. The van der Waals surface area contributed by atoms with E-state index < -0.39 is 11.6 Å². The van der Waals surface area contributed by atoms with Crippen molar-refractivity contribution in [2.75, 3.05) is 37.7 Å². The van der Waals surface area contributed by atoms with Gasteiger partial charge < -0.3 is 9.64 Å². The number of anilines is 1. The molecule has 2 atom stereocenters. The van der Waals surface area contributed by atoms with Crippen LogP contribution in [0.1, 0.15) is 37.8 Å². The SMILES string of the molecule is C=CCn1c2c(c(N3CCN(Cc4ccccc4F)CC3)nc1=O)C(C)C(C(=O)OCC)C(C)=N2. The summed E-state index contributed by atoms with van der Waals surface area (Å²) in [7, 11) is 0. The number of piperazine rings is 1. The smallest absolute Gasteiger partial charge is 0.351 e. The summed E-state index contributed by atoms with van der Waals surface area (Å²) < 4.78 is 20.9. The van der Waals surface area contributed by atoms with Crippen molar-refractivity contribution in [3.63, 3.8) is 0 Å². The number of halogens is 1. The van der Waals surface area contributed by atoms with Gasteiger partial charge in [-0.25, -0.2) is 14.2 Å². The van der Waals surface area contributed by atoms with E-state index in [1.165, 1.54) is 10.6 Å². The van der Waals surface area contributed by atoms with Crippen LogP contribution in [0, 0.1) is 11.7 Å². The lowest BCUT2D eigenvalue weighted by atomic mass is 9.82. The van der Waals surface area contributed by atoms with Crippen molar-refractivity contribution < 1.29 is 13.9 Å². The van der Waals surface area contributed by atoms with Crippen LogP contribution in [0.5, 0.6) is 0 Å². The van der Waals surface area contributed by atoms with Gasteiger partial charge in [-0.1, -0.05) is 31.2 Å². The average molecular weight is 482 g/mol. The summed E-state index contributed by atoms with van der Waals surface area (Å²) in [4.78, 5) is 39.2. The van der Waals surface area contributed by atoms with Gasteiger partial charge >= 0.3 is 11.7 Å². The zero-order chi connectivity index (χ0) is 25.1. The molecule has 2 aromatic rings. The van der Waals surface area contributed by atoms with Crippen molar-refractivity contribution in [2.24, 2.45) is 10.9 Å². The molecule has 0 spiro atoms. The van der Waals surface area contributed by atoms with Crippen molar-refractivity contribution in [1.29, 1.82) is 0 Å². The van der Waals surface area contributed by atoms with Crippen LogP contribution in [0.2, 0.25) is 0 Å². The summed E-state index contributed by atoms with van der Waals surface area (Å²) in [5.74, 6) is -0.247. The highest BCUT2D eigenvalue weighted by Gasteiger charge is 2.39. The fourth-order valence-electron chi connectivity index (χ4n) is 4.97. The topological polar surface area (TPSA) is 80.0 Å². The predicted octanol–water partition coefficient (Wildman–Crippen LogP) is 3.28. The maximum Gasteiger partial charge on any atom is 0.351 e. The second kappa shape index (κ2) is 10.5. The third-order valence-electron chi connectivity index (χ3n) is 6.73. The van der Waals surface area contributed by atoms with Crippen molar-refractivity contribution >= 4 is 23.3 Å². The molecule has 1 aromatic heterocycles. The molecular weight excluding hydrogens is 449 g/mol. The predicted molar refractivity (Wildman–Crippen MR) is 134 cm³/mol. The van der Waals surface area contributed by atoms with E-state index in [-0.39, 0.29) is 30.9 Å². The molecule has 2 aliphatic rings. The number of allylic oxidation sites excluding steroid dienone is 1. The van der Waals surface area contributed by atoms with E-state index in [2.05, 4.69) is 21.4 Å². The molecule has 9 heteroatoms. The van der Waals surface area contributed by atoms with Crippen LogP contribution in [-0.4, -0.2) is 58.9 Å². The molecular formula is C26H32FN5O3. The van der Waals surface area contributed by atoms with Gasteiger partial charge in [-0.2, -0.15) is 4.98 Å². The van der Waals surface area contributed by atoms with E-state index in [4.69, 9.17) is 9.73 Å². The van der Waals surface area contributed by atoms with Gasteiger partial charge in [0.25, 0.3) is 0 Å². The normalized spacial score (nSPS) is 20.2. The standard InChI is InChI=1S/C26H32FN5O3/c1-5-11-32-24-22(17(3)21(18(4)28-24)25(33)35-6-2)23(29-26(32)34)31-14-12-30(13-15-31)16-19-9-7-8-10-20(19)27/h5,7-10,17,21H,1,6,11-16H2,2-4H3. The highest BCUT2D eigenvalue weighted by Crippen LogP contribution is 2.42. The lowest BCUT2D eigenvalue weighted by Gasteiger charge is -2.38. The number of hydrogen-bond donors (Lipinski definition) is 0. The monoisotopic (exact) mass is 481 g/mol. The molecule has 1 aromatic carbocycles. The minimum absolute atomic E-state index is 0.205. The lowest BCUT2D eigenvalue weighted by molar-refractivity contribution is -0.146. The molecule has 0 amide bonds. The number of ether oxygens (including phenoxy) is 1. The highest BCUT2D eigenvalue weighted by atomic mass is 19.1. The second-order valence-electron chi connectivity index (χ2n) is 8.98. The Morgan fingerprint density at radius 1 is 1.26 bits per heavy atom. The third-order valence-corrected chi connectivity index (χ3v) is 6.73. The van der Waals surface area contributed by atoms with Crippen LogP contribution in [-0.2, 0) is 22.6 Å². The van der Waals surface area contributed by atoms with Crippen molar-refractivity contribution in [3.05, 3.63) is 64.3 Å². The van der Waals surface area contributed by atoms with Gasteiger partial charge in [0.15, 0.2) is 0 Å². The molecule has 1 fully saturated rings. The number of fused-ring (bicyclic) bond motifs is 1. The molecule has 4 rings (SSSR count). The van der Waals surface area contributed by atoms with E-state index in [0.29, 0.717) is 55.6 Å². The Kier molecular flexibility index (Phi) is 7.45. The Labute approximate surface area is 204 Å². The van der Waals surface area contributed by atoms with E-state index >= 15 is 0 Å². The third kappa shape index (κ3) is 4.91. The van der Waals surface area contributed by atoms with Crippen molar-refractivity contribution in [2.45, 2.75) is 39.8 Å². The van der Waals surface area contributed by atoms with E-state index in [0.717, 1.165) is 5.56 Å². The minimum atomic E-state index is -0.542. The highest BCUT2D eigenvalue weighted by molar-refractivity contribution is 6.04. The van der Waals surface area contributed by atoms with Crippen LogP contribution >= 0.6 is 0 Å². The fraction of sp³-hybridized carbons (Fsp3) is 0.462. The molecule has 3 heterocycles. The van der Waals surface area contributed by atoms with Gasteiger partial charge in [0.1, 0.15) is 23.4 Å². The van der Waals surface area contributed by atoms with Crippen LogP contribution in [0.25, 0.3) is 0 Å². The Balaban J connectivity index is 1.66. The zero-order valence-corrected chi connectivity index (χ0v) is 20.5. The first kappa shape index (κ1) is 24.8. The summed E-state index contributed by atoms with van der Waals surface area (Å²) in [6.07, 6.45) is 1.64. The van der Waals surface area contributed by atoms with Crippen LogP contribution in [0.3, 0.4) is 0 Å². The molecule has 186 valence electrons. The van der Waals surface area contributed by atoms with Gasteiger partial charge in [0, 0.05) is 62.0 Å². The molecule has 0 N–H and O–H groups in total. The number of hydrogen-bond acceptors (Lipinski definition) is 7. The first-order valence-corrected chi connectivity index (χ1v) is 12.0. The molecule has 0 aliphatic carbocycles. The Bertz CT molecular complexity index is 1200. The molecule has 8 nitrogen and oxygen atoms in total. The number of carbonyl (C=O) groups excluding carboxylic acids is 1. The summed E-state index contributed by atoms with van der Waals surface area (Å²) in [5, 5.41) is 0. The zero-order valence-electron chi connectivity index (χ0n) is 20.5. The Hall–Kier alpha value is -3.33. The van der Waals surface area contributed by atoms with E-state index in [9.17, 15) is 14.0 Å². The number of carbonyl (C=O) groups is 1. The van der Waals surface area contributed by atoms with Crippen molar-refractivity contribution in [1.82, 2.24) is 14.5 Å². The number of rotatable bonds is 7. The van der Waals surface area contributed by atoms with Crippen LogP contribution < -0.4 is 10.6 Å². The van der Waals surface area contributed by atoms with E-state index in [1.807, 2.05) is 13.0 Å². The Morgan fingerprint density at radius 3 is 2.63 bits per heavy atom. The molecule has 2 unspecified atom stereocenters. The largest absolute Gasteiger partial charge is 0.465 e. The molecule has 1 saturated heterocycles. The van der Waals surface area contributed by atoms with Crippen LogP contribution in [0.15, 0.2) is 46.7 Å². The van der Waals surface area contributed by atoms with Crippen LogP contribution in [0.4, 0.5) is 16.0 Å². The summed E-state index contributed by atoms with van der Waals surface area (Å²) in [6, 6.07) is 6.81. The summed E-state index contributed by atoms with van der Waals surface area (Å²) in [6.45, 7) is 13.0. The number of nitrogens with zero attached hydrogens (tertiary/aromatic N) is 5. The number of aromatic nitrogens is 2. The van der Waals surface area contributed by atoms with E-state index in [1.54, 1.807) is 32.1 Å². The van der Waals surface area contributed by atoms with Gasteiger partial charge in [-0.3, -0.25) is 14.3 Å².